The molecule has 0 N–H and O–H groups in total. The summed E-state index contributed by atoms with van der Waals surface area (Å²) in [7, 11) is 2.20. The van der Waals surface area contributed by atoms with Crippen molar-refractivity contribution in [3.63, 3.8) is 0 Å². The zero-order chi connectivity index (χ0) is 16.7. The number of rotatable bonds is 3. The van der Waals surface area contributed by atoms with Crippen LogP contribution in [0.1, 0.15) is 32.6 Å². The topological polar surface area (TPSA) is 13.0 Å². The van der Waals surface area contributed by atoms with Gasteiger partial charge >= 0.3 is 17.1 Å². The molecule has 140 valence electrons. The number of halogens is 2. The van der Waals surface area contributed by atoms with Gasteiger partial charge in [0.2, 0.25) is 0 Å². The van der Waals surface area contributed by atoms with E-state index in [2.05, 4.69) is 33.6 Å². The summed E-state index contributed by atoms with van der Waals surface area (Å²) < 4.78 is -0.743. The summed E-state index contributed by atoms with van der Waals surface area (Å²) in [5.74, 6) is 0. The molecule has 2 aliphatic heterocycles. The number of hydrogen-bond acceptors (Lipinski definition) is 4. The first-order valence-corrected chi connectivity index (χ1v) is 10.0. The number of likely N-dealkylation sites (N-methyl/N-ethyl adjacent to an activating group) is 1. The monoisotopic (exact) mass is 419 g/mol. The molecule has 4 nitrogen and oxygen atoms in total. The Bertz CT molecular complexity index is 347. The van der Waals surface area contributed by atoms with E-state index in [1.54, 1.807) is 0 Å². The summed E-state index contributed by atoms with van der Waals surface area (Å²) in [6.45, 7) is 13.1. The van der Waals surface area contributed by atoms with Gasteiger partial charge in [0.25, 0.3) is 0 Å². The second-order valence-electron chi connectivity index (χ2n) is 7.10. The van der Waals surface area contributed by atoms with Gasteiger partial charge in [-0.3, -0.25) is 4.90 Å². The quantitative estimate of drug-likeness (QED) is 0.395. The molecule has 2 unspecified atom stereocenters. The molecule has 0 radical (unpaired) electrons. The summed E-state index contributed by atoms with van der Waals surface area (Å²) in [6.07, 6.45) is 4.57. The molecule has 2 fully saturated rings. The minimum absolute atomic E-state index is 0. The maximum Gasteiger partial charge on any atom is 3.00 e. The Balaban J connectivity index is 0.00000288. The fourth-order valence-corrected chi connectivity index (χ4v) is 3.96. The molecule has 2 atom stereocenters. The van der Waals surface area contributed by atoms with Gasteiger partial charge in [0, 0.05) is 52.2 Å². The Hall–Kier alpha value is 0.939. The maximum absolute atomic E-state index is 6.76. The second kappa shape index (κ2) is 11.6. The van der Waals surface area contributed by atoms with Crippen LogP contribution in [-0.4, -0.2) is 96.6 Å². The molecule has 2 heterocycles. The third kappa shape index (κ3) is 7.67. The molecule has 0 aromatic carbocycles. The van der Waals surface area contributed by atoms with E-state index in [4.69, 9.17) is 23.2 Å². The largest absolute Gasteiger partial charge is 3.00 e. The van der Waals surface area contributed by atoms with Crippen molar-refractivity contribution in [3.8, 4) is 0 Å². The van der Waals surface area contributed by atoms with Gasteiger partial charge in [-0.1, -0.05) is 36.5 Å². The fraction of sp³-hybridized carbons (Fsp3) is 1.00. The minimum Gasteiger partial charge on any atom is -0.305 e. The molecule has 0 spiro atoms. The molecule has 2 saturated heterocycles. The van der Waals surface area contributed by atoms with Crippen LogP contribution in [0.25, 0.3) is 0 Å². The van der Waals surface area contributed by atoms with Crippen molar-refractivity contribution in [1.82, 2.24) is 19.6 Å². The molecule has 0 saturated carbocycles. The van der Waals surface area contributed by atoms with Gasteiger partial charge < -0.3 is 14.7 Å². The first-order valence-electron chi connectivity index (χ1n) is 9.27. The van der Waals surface area contributed by atoms with E-state index in [1.807, 2.05) is 0 Å². The molecular weight excluding hydrogens is 386 g/mol. The van der Waals surface area contributed by atoms with Crippen molar-refractivity contribution < 1.29 is 17.1 Å². The van der Waals surface area contributed by atoms with Crippen LogP contribution < -0.4 is 0 Å². The Kier molecular flexibility index (Phi) is 11.1. The normalized spacial score (nSPS) is 30.5. The molecule has 24 heavy (non-hydrogen) atoms. The zero-order valence-corrected chi connectivity index (χ0v) is 18.0. The predicted octanol–water partition coefficient (Wildman–Crippen LogP) is 2.56. The molecule has 2 rings (SSSR count). The first-order chi connectivity index (χ1) is 11.0. The molecule has 0 aromatic heterocycles. The zero-order valence-electron chi connectivity index (χ0n) is 15.3. The molecule has 7 heteroatoms. The van der Waals surface area contributed by atoms with Crippen LogP contribution in [0, 0.1) is 0 Å². The van der Waals surface area contributed by atoms with Crippen LogP contribution in [0.2, 0.25) is 0 Å². The predicted molar refractivity (Wildman–Crippen MR) is 101 cm³/mol. The average molecular weight is 420 g/mol. The van der Waals surface area contributed by atoms with Crippen molar-refractivity contribution in [1.29, 1.82) is 0 Å². The van der Waals surface area contributed by atoms with E-state index in [0.717, 1.165) is 58.8 Å². The number of hydrogen-bond donors (Lipinski definition) is 0. The van der Waals surface area contributed by atoms with E-state index >= 15 is 0 Å². The smallest absolute Gasteiger partial charge is 0.305 e. The minimum atomic E-state index is -0.743. The number of fused-ring (bicyclic) bond motifs is 3. The summed E-state index contributed by atoms with van der Waals surface area (Å²) in [5.41, 5.74) is 0. The van der Waals surface area contributed by atoms with Gasteiger partial charge in [-0.25, -0.2) is 0 Å². The van der Waals surface area contributed by atoms with Gasteiger partial charge in [0.15, 0.2) is 4.46 Å². The molecule has 0 aromatic rings. The summed E-state index contributed by atoms with van der Waals surface area (Å²) in [6, 6.07) is 0. The van der Waals surface area contributed by atoms with Crippen LogP contribution >= 0.6 is 23.2 Å². The third-order valence-corrected chi connectivity index (χ3v) is 6.06. The van der Waals surface area contributed by atoms with E-state index < -0.39 is 4.46 Å². The molecule has 2 bridgehead atoms. The van der Waals surface area contributed by atoms with Gasteiger partial charge in [-0.15, -0.1) is 0 Å². The molecule has 0 aliphatic carbocycles. The maximum atomic E-state index is 6.76. The van der Waals surface area contributed by atoms with E-state index in [0.29, 0.717) is 0 Å². The third-order valence-electron chi connectivity index (χ3n) is 5.20. The van der Waals surface area contributed by atoms with Gasteiger partial charge in [0.1, 0.15) is 0 Å². The van der Waals surface area contributed by atoms with Gasteiger partial charge in [-0.05, 0) is 39.5 Å². The van der Waals surface area contributed by atoms with Crippen LogP contribution in [0.4, 0.5) is 0 Å². The SMILES string of the molecule is CCCCN1CCN2CCCN(C)CCN(CC2)C(Cl)(Cl)CC1.[Mn+3]. The number of unbranched alkanes of at least 4 members (excludes halogenated alkanes) is 1. The number of alkyl halides is 2. The number of nitrogens with zero attached hydrogens (tertiary/aromatic N) is 4. The fourth-order valence-electron chi connectivity index (χ4n) is 3.45. The van der Waals surface area contributed by atoms with Crippen LogP contribution in [-0.2, 0) is 17.1 Å². The first kappa shape index (κ1) is 23.0. The Labute approximate surface area is 169 Å². The van der Waals surface area contributed by atoms with E-state index in [-0.39, 0.29) is 17.1 Å². The second-order valence-corrected chi connectivity index (χ2v) is 8.54. The van der Waals surface area contributed by atoms with Crippen molar-refractivity contribution in [2.24, 2.45) is 0 Å². The Morgan fingerprint density at radius 1 is 0.875 bits per heavy atom. The van der Waals surface area contributed by atoms with Gasteiger partial charge in [-0.2, -0.15) is 0 Å². The van der Waals surface area contributed by atoms with Crippen molar-refractivity contribution in [2.45, 2.75) is 37.1 Å². The summed E-state index contributed by atoms with van der Waals surface area (Å²) in [4.78, 5) is 9.84. The van der Waals surface area contributed by atoms with E-state index in [9.17, 15) is 0 Å². The van der Waals surface area contributed by atoms with Crippen molar-refractivity contribution >= 4 is 23.2 Å². The Morgan fingerprint density at radius 3 is 2.33 bits per heavy atom. The van der Waals surface area contributed by atoms with Gasteiger partial charge in [0.05, 0.1) is 0 Å². The van der Waals surface area contributed by atoms with Crippen LogP contribution in [0.15, 0.2) is 0 Å². The van der Waals surface area contributed by atoms with Crippen LogP contribution in [0.3, 0.4) is 0 Å². The molecular formula is C17H34Cl2MnN4+3. The van der Waals surface area contributed by atoms with E-state index in [1.165, 1.54) is 32.4 Å². The Morgan fingerprint density at radius 2 is 1.58 bits per heavy atom. The summed E-state index contributed by atoms with van der Waals surface area (Å²) in [5, 5.41) is 0. The summed E-state index contributed by atoms with van der Waals surface area (Å²) >= 11 is 13.5. The molecule has 0 amide bonds. The van der Waals surface area contributed by atoms with Crippen LogP contribution in [0.5, 0.6) is 0 Å². The standard InChI is InChI=1S/C17H34Cl2N4.Mn/c1-3-4-8-21-10-6-17(18,19)23-15-11-20(2)7-5-9-22(13-12-21)14-16-23;/h3-16H2,1-2H3;/q;+3. The average Bonchev–Trinajstić information content (AvgIpc) is 2.52. The van der Waals surface area contributed by atoms with Crippen molar-refractivity contribution in [3.05, 3.63) is 0 Å². The molecule has 2 aliphatic rings. The van der Waals surface area contributed by atoms with Crippen molar-refractivity contribution in [2.75, 3.05) is 72.5 Å².